The zero-order valence-electron chi connectivity index (χ0n) is 27.4. The summed E-state index contributed by atoms with van der Waals surface area (Å²) in [7, 11) is -8.58. The summed E-state index contributed by atoms with van der Waals surface area (Å²) in [6.45, 7) is 0. The number of benzene rings is 2. The molecule has 4 aliphatic carbocycles. The average Bonchev–Trinajstić information content (AvgIpc) is 3.44. The van der Waals surface area contributed by atoms with E-state index in [1.807, 2.05) is 0 Å². The first-order chi connectivity index (χ1) is 24.6. The fourth-order valence-corrected chi connectivity index (χ4v) is 11.3. The first kappa shape index (κ1) is 37.4. The summed E-state index contributed by atoms with van der Waals surface area (Å²) in [4.78, 5) is 11.9. The number of hydrogen-bond acceptors (Lipinski definition) is 9. The summed E-state index contributed by atoms with van der Waals surface area (Å²) in [5.41, 5.74) is -5.70. The molecule has 9 nitrogen and oxygen atoms in total. The SMILES string of the molecule is CS(=O)(=O)C1CCC(Nc2nccc(-c3sc(C45CC(C(F)(F)F)(C4)C5)nc3-c3cccc(NS(=O)(=O)c4c(F)cccc4C(F)(F)F)c3F)n2)CC1. The van der Waals surface area contributed by atoms with Crippen molar-refractivity contribution in [3.63, 3.8) is 0 Å². The summed E-state index contributed by atoms with van der Waals surface area (Å²) in [6.07, 6.45) is -5.93. The lowest BCUT2D eigenvalue weighted by Crippen LogP contribution is -2.70. The molecule has 4 saturated carbocycles. The highest BCUT2D eigenvalue weighted by atomic mass is 32.2. The largest absolute Gasteiger partial charge is 0.417 e. The number of hydrogen-bond donors (Lipinski definition) is 2. The monoisotopic (exact) mass is 807 g/mol. The van der Waals surface area contributed by atoms with Crippen LogP contribution in [0.1, 0.15) is 55.5 Å². The number of rotatable bonds is 9. The smallest absolute Gasteiger partial charge is 0.351 e. The van der Waals surface area contributed by atoms with Crippen LogP contribution in [-0.2, 0) is 31.5 Å². The van der Waals surface area contributed by atoms with Gasteiger partial charge >= 0.3 is 12.4 Å². The molecular weight excluding hydrogens is 779 g/mol. The van der Waals surface area contributed by atoms with Crippen molar-refractivity contribution in [2.24, 2.45) is 5.41 Å². The first-order valence-corrected chi connectivity index (χ1v) is 20.4. The number of halogens is 8. The summed E-state index contributed by atoms with van der Waals surface area (Å²) < 4.78 is 165. The van der Waals surface area contributed by atoms with Crippen molar-refractivity contribution in [3.8, 4) is 21.8 Å². The predicted molar refractivity (Wildman–Crippen MR) is 179 cm³/mol. The van der Waals surface area contributed by atoms with E-state index >= 15 is 4.39 Å². The van der Waals surface area contributed by atoms with Crippen LogP contribution in [0.2, 0.25) is 0 Å². The molecule has 0 radical (unpaired) electrons. The van der Waals surface area contributed by atoms with E-state index < -0.39 is 76.1 Å². The summed E-state index contributed by atoms with van der Waals surface area (Å²) in [6, 6.07) is 6.16. The number of sulfonamides is 1. The van der Waals surface area contributed by atoms with Crippen molar-refractivity contribution in [1.29, 1.82) is 0 Å². The Hall–Kier alpha value is -3.91. The van der Waals surface area contributed by atoms with Gasteiger partial charge in [0.05, 0.1) is 38.2 Å². The van der Waals surface area contributed by atoms with Crippen LogP contribution in [0.4, 0.5) is 46.8 Å². The topological polar surface area (TPSA) is 131 Å². The Morgan fingerprint density at radius 3 is 2.15 bits per heavy atom. The number of alkyl halides is 6. The number of sulfone groups is 1. The average molecular weight is 808 g/mol. The van der Waals surface area contributed by atoms with Gasteiger partial charge in [-0.2, -0.15) is 26.3 Å². The third-order valence-electron chi connectivity index (χ3n) is 10.3. The van der Waals surface area contributed by atoms with Crippen LogP contribution in [-0.4, -0.2) is 55.5 Å². The number of aromatic nitrogens is 3. The molecule has 2 aromatic heterocycles. The van der Waals surface area contributed by atoms with Gasteiger partial charge in [0.25, 0.3) is 10.0 Å². The van der Waals surface area contributed by atoms with Gasteiger partial charge in [-0.05, 0) is 75.3 Å². The fraction of sp³-hybridized carbons (Fsp3) is 0.424. The predicted octanol–water partition coefficient (Wildman–Crippen LogP) is 8.12. The lowest BCUT2D eigenvalue weighted by molar-refractivity contribution is -0.337. The Morgan fingerprint density at radius 2 is 1.53 bits per heavy atom. The molecule has 0 unspecified atom stereocenters. The molecule has 4 aromatic rings. The van der Waals surface area contributed by atoms with Crippen LogP contribution >= 0.6 is 11.3 Å². The molecule has 0 aliphatic heterocycles. The molecule has 0 spiro atoms. The highest BCUT2D eigenvalue weighted by Gasteiger charge is 2.79. The third-order valence-corrected chi connectivity index (χ3v) is 14.7. The molecule has 2 heterocycles. The van der Waals surface area contributed by atoms with E-state index in [0.717, 1.165) is 17.4 Å². The van der Waals surface area contributed by atoms with E-state index in [9.17, 15) is 47.6 Å². The van der Waals surface area contributed by atoms with Gasteiger partial charge in [-0.1, -0.05) is 12.1 Å². The van der Waals surface area contributed by atoms with Gasteiger partial charge in [-0.25, -0.2) is 40.6 Å². The van der Waals surface area contributed by atoms with E-state index in [1.165, 1.54) is 30.7 Å². The first-order valence-electron chi connectivity index (χ1n) is 16.2. The Labute approximate surface area is 302 Å². The molecule has 20 heteroatoms. The summed E-state index contributed by atoms with van der Waals surface area (Å²) in [5, 5.41) is 2.98. The standard InChI is InChI=1S/C33H29F8N5O4S3/c1-52(47,48)18-10-8-17(9-11-18)43-29-42-13-12-23(44-29)26-25(45-28(51-26)30-14-31(15-30,16-30)33(39,40)41)19-4-2-7-22(24(19)35)46-53(49,50)27-20(32(36,37)38)5-3-6-21(27)34/h2-7,12-13,17-18,46H,8-11,14-16H2,1H3,(H,42,43,44). The number of nitrogens with zero attached hydrogens (tertiary/aromatic N) is 3. The van der Waals surface area contributed by atoms with Gasteiger partial charge in [-0.15, -0.1) is 11.3 Å². The van der Waals surface area contributed by atoms with Gasteiger partial charge in [0, 0.05) is 29.5 Å². The fourth-order valence-electron chi connectivity index (χ4n) is 7.59. The molecule has 2 aromatic carbocycles. The van der Waals surface area contributed by atoms with Crippen molar-refractivity contribution in [1.82, 2.24) is 15.0 Å². The van der Waals surface area contributed by atoms with Crippen molar-refractivity contribution in [2.45, 2.75) is 78.9 Å². The highest BCUT2D eigenvalue weighted by molar-refractivity contribution is 7.92. The second-order valence-corrected chi connectivity index (χ2v) is 18.8. The van der Waals surface area contributed by atoms with Gasteiger partial charge in [0.2, 0.25) is 5.95 Å². The molecule has 0 saturated heterocycles. The van der Waals surface area contributed by atoms with Crippen LogP contribution < -0.4 is 10.0 Å². The molecule has 4 fully saturated rings. The number of anilines is 2. The molecule has 4 aliphatic rings. The van der Waals surface area contributed by atoms with Crippen LogP contribution in [0.15, 0.2) is 53.6 Å². The molecule has 53 heavy (non-hydrogen) atoms. The number of thiazole rings is 1. The van der Waals surface area contributed by atoms with Crippen molar-refractivity contribution < 1.29 is 52.0 Å². The van der Waals surface area contributed by atoms with E-state index in [0.29, 0.717) is 43.9 Å². The van der Waals surface area contributed by atoms with Crippen molar-refractivity contribution in [3.05, 3.63) is 70.9 Å². The van der Waals surface area contributed by atoms with Crippen LogP contribution in [0.3, 0.4) is 0 Å². The second kappa shape index (κ2) is 12.6. The zero-order valence-corrected chi connectivity index (χ0v) is 29.9. The van der Waals surface area contributed by atoms with E-state index in [1.54, 1.807) is 4.72 Å². The molecule has 2 bridgehead atoms. The molecule has 284 valence electrons. The highest BCUT2D eigenvalue weighted by Crippen LogP contribution is 2.79. The molecule has 2 N–H and O–H groups in total. The zero-order chi connectivity index (χ0) is 38.4. The van der Waals surface area contributed by atoms with Crippen molar-refractivity contribution in [2.75, 3.05) is 16.3 Å². The molecule has 8 rings (SSSR count). The van der Waals surface area contributed by atoms with Crippen LogP contribution in [0.5, 0.6) is 0 Å². The maximum Gasteiger partial charge on any atom is 0.417 e. The Morgan fingerprint density at radius 1 is 0.868 bits per heavy atom. The second-order valence-electron chi connectivity index (χ2n) is 13.9. The number of nitrogens with one attached hydrogen (secondary N) is 2. The van der Waals surface area contributed by atoms with E-state index in [4.69, 9.17) is 0 Å². The van der Waals surface area contributed by atoms with Gasteiger partial charge < -0.3 is 5.32 Å². The third kappa shape index (κ3) is 6.63. The molecule has 0 amide bonds. The maximum atomic E-state index is 16.4. The van der Waals surface area contributed by atoms with Gasteiger partial charge in [-0.3, -0.25) is 4.72 Å². The van der Waals surface area contributed by atoms with Gasteiger partial charge in [0.1, 0.15) is 25.6 Å². The van der Waals surface area contributed by atoms with Gasteiger partial charge in [0.15, 0.2) is 5.82 Å². The van der Waals surface area contributed by atoms with E-state index in [2.05, 4.69) is 20.3 Å². The minimum Gasteiger partial charge on any atom is -0.351 e. The Bertz CT molecular complexity index is 2300. The minimum atomic E-state index is -5.37. The van der Waals surface area contributed by atoms with Crippen LogP contribution in [0, 0.1) is 17.0 Å². The maximum absolute atomic E-state index is 16.4. The molecular formula is C33H29F8N5O4S3. The van der Waals surface area contributed by atoms with Crippen molar-refractivity contribution >= 4 is 42.8 Å². The summed E-state index contributed by atoms with van der Waals surface area (Å²) >= 11 is 0.983. The summed E-state index contributed by atoms with van der Waals surface area (Å²) in [5.74, 6) is -2.87. The van der Waals surface area contributed by atoms with E-state index in [-0.39, 0.29) is 58.1 Å². The Kier molecular flexibility index (Phi) is 8.88. The lowest BCUT2D eigenvalue weighted by atomic mass is 9.35. The lowest BCUT2D eigenvalue weighted by Gasteiger charge is -2.69. The Balaban J connectivity index is 1.25. The quantitative estimate of drug-likeness (QED) is 0.162. The molecule has 0 atom stereocenters. The van der Waals surface area contributed by atoms with Crippen LogP contribution in [0.25, 0.3) is 21.8 Å². The minimum absolute atomic E-state index is 0.116. The normalized spacial score (nSPS) is 24.6.